The van der Waals surface area contributed by atoms with Crippen molar-refractivity contribution in [2.75, 3.05) is 0 Å². The number of phenolic OH excluding ortho intramolecular Hbond substituents is 1. The van der Waals surface area contributed by atoms with Gasteiger partial charge in [-0.3, -0.25) is 10.1 Å². The van der Waals surface area contributed by atoms with Crippen LogP contribution in [0.3, 0.4) is 0 Å². The van der Waals surface area contributed by atoms with Crippen molar-refractivity contribution >= 4 is 50.7 Å². The first-order valence-electron chi connectivity index (χ1n) is 10.6. The van der Waals surface area contributed by atoms with E-state index < -0.39 is 6.19 Å². The molecule has 3 aromatic carbocycles. The smallest absolute Gasteiger partial charge is 0.124 e. The van der Waals surface area contributed by atoms with Gasteiger partial charge in [0, 0.05) is 32.9 Å². The molecule has 2 N–H and O–H groups in total. The van der Waals surface area contributed by atoms with E-state index in [2.05, 4.69) is 69.5 Å². The standard InChI is InChI=1S/C25H26BrN2OPS/c26-20-15-16-25(29)19(17-20)18-27-23-13-7-8-14-24(23)28-30(31,21-9-3-1-4-10-21)22-11-5-2-6-12-22/h1-6,9-12,15-18,23-24,29H,7-8,13-14H2,(H,28,31)/t23-,24-/m1/s1. The third-order valence-corrected chi connectivity index (χ3v) is 10.5. The normalized spacial score (nSPS) is 19.5. The van der Waals surface area contributed by atoms with Gasteiger partial charge in [0.25, 0.3) is 0 Å². The van der Waals surface area contributed by atoms with Crippen LogP contribution in [0.2, 0.25) is 0 Å². The van der Waals surface area contributed by atoms with Gasteiger partial charge in [0.1, 0.15) is 5.75 Å². The first kappa shape index (κ1) is 22.4. The molecule has 1 fully saturated rings. The van der Waals surface area contributed by atoms with Crippen LogP contribution < -0.4 is 15.7 Å². The summed E-state index contributed by atoms with van der Waals surface area (Å²) in [5.41, 5.74) is 0.726. The summed E-state index contributed by atoms with van der Waals surface area (Å²) >= 11 is 9.86. The molecule has 31 heavy (non-hydrogen) atoms. The molecule has 0 amide bonds. The Balaban J connectivity index is 1.64. The van der Waals surface area contributed by atoms with Crippen molar-refractivity contribution in [3.05, 3.63) is 88.9 Å². The molecule has 0 unspecified atom stereocenters. The monoisotopic (exact) mass is 512 g/mol. The van der Waals surface area contributed by atoms with Crippen LogP contribution in [0.4, 0.5) is 0 Å². The molecule has 3 aromatic rings. The van der Waals surface area contributed by atoms with Gasteiger partial charge in [0.2, 0.25) is 0 Å². The number of aliphatic imine (C=N–C) groups is 1. The van der Waals surface area contributed by atoms with Gasteiger partial charge in [-0.15, -0.1) is 0 Å². The number of nitrogens with zero attached hydrogens (tertiary/aromatic N) is 1. The third-order valence-electron chi connectivity index (χ3n) is 5.71. The number of hydrogen-bond donors (Lipinski definition) is 2. The third kappa shape index (κ3) is 5.35. The summed E-state index contributed by atoms with van der Waals surface area (Å²) in [7, 11) is 0. The van der Waals surface area contributed by atoms with Crippen LogP contribution in [-0.4, -0.2) is 23.4 Å². The second-order valence-corrected chi connectivity index (χ2v) is 12.9. The Morgan fingerprint density at radius 3 is 2.19 bits per heavy atom. The van der Waals surface area contributed by atoms with Crippen LogP contribution in [-0.2, 0) is 11.8 Å². The predicted molar refractivity (Wildman–Crippen MR) is 139 cm³/mol. The van der Waals surface area contributed by atoms with Crippen molar-refractivity contribution in [1.82, 2.24) is 5.09 Å². The van der Waals surface area contributed by atoms with Gasteiger partial charge >= 0.3 is 0 Å². The second-order valence-electron chi connectivity index (χ2n) is 7.85. The highest BCUT2D eigenvalue weighted by Gasteiger charge is 2.31. The zero-order chi connectivity index (χ0) is 21.7. The van der Waals surface area contributed by atoms with Crippen molar-refractivity contribution in [3.8, 4) is 5.75 Å². The highest BCUT2D eigenvalue weighted by molar-refractivity contribution is 9.10. The van der Waals surface area contributed by atoms with E-state index in [-0.39, 0.29) is 17.8 Å². The topological polar surface area (TPSA) is 44.6 Å². The summed E-state index contributed by atoms with van der Waals surface area (Å²) in [6, 6.07) is 26.6. The molecule has 1 saturated carbocycles. The Morgan fingerprint density at radius 2 is 1.55 bits per heavy atom. The maximum absolute atomic E-state index is 10.2. The van der Waals surface area contributed by atoms with Crippen LogP contribution >= 0.6 is 22.1 Å². The zero-order valence-corrected chi connectivity index (χ0v) is 20.5. The number of nitrogens with one attached hydrogen (secondary N) is 1. The molecule has 0 bridgehead atoms. The number of aromatic hydroxyl groups is 1. The van der Waals surface area contributed by atoms with Crippen LogP contribution in [0.1, 0.15) is 31.2 Å². The highest BCUT2D eigenvalue weighted by atomic mass is 79.9. The number of benzene rings is 3. The SMILES string of the molecule is Oc1ccc(Br)cc1C=N[C@@H]1CCCC[C@H]1NP(=S)(c1ccccc1)c1ccccc1. The number of rotatable bonds is 6. The van der Waals surface area contributed by atoms with E-state index in [4.69, 9.17) is 16.8 Å². The maximum atomic E-state index is 10.2. The Kier molecular flexibility index (Phi) is 7.39. The average molecular weight is 513 g/mol. The quantitative estimate of drug-likeness (QED) is 0.337. The van der Waals surface area contributed by atoms with Crippen molar-refractivity contribution in [2.45, 2.75) is 37.8 Å². The lowest BCUT2D eigenvalue weighted by atomic mass is 9.91. The van der Waals surface area contributed by atoms with Crippen LogP contribution in [0.25, 0.3) is 0 Å². The van der Waals surface area contributed by atoms with E-state index in [1.165, 1.54) is 17.0 Å². The molecule has 6 heteroatoms. The molecular formula is C25H26BrN2OPS. The molecule has 4 rings (SSSR count). The van der Waals surface area contributed by atoms with E-state index in [1.54, 1.807) is 12.3 Å². The van der Waals surface area contributed by atoms with Gasteiger partial charge in [0.15, 0.2) is 0 Å². The summed E-state index contributed by atoms with van der Waals surface area (Å²) in [5, 5.41) is 16.4. The molecule has 1 aliphatic carbocycles. The molecule has 0 heterocycles. The summed E-state index contributed by atoms with van der Waals surface area (Å²) in [4.78, 5) is 4.91. The Morgan fingerprint density at radius 1 is 0.935 bits per heavy atom. The lowest BCUT2D eigenvalue weighted by Gasteiger charge is -2.35. The molecule has 0 aliphatic heterocycles. The number of phenols is 1. The van der Waals surface area contributed by atoms with E-state index in [1.807, 2.05) is 24.3 Å². The minimum Gasteiger partial charge on any atom is -0.507 e. The molecule has 160 valence electrons. The minimum atomic E-state index is -2.19. The first-order chi connectivity index (χ1) is 15.1. The van der Waals surface area contributed by atoms with Gasteiger partial charge in [-0.25, -0.2) is 0 Å². The lowest BCUT2D eigenvalue weighted by molar-refractivity contribution is 0.370. The largest absolute Gasteiger partial charge is 0.507 e. The first-order valence-corrected chi connectivity index (χ1v) is 14.2. The van der Waals surface area contributed by atoms with Crippen LogP contribution in [0.5, 0.6) is 5.75 Å². The summed E-state index contributed by atoms with van der Waals surface area (Å²) < 4.78 is 0.925. The lowest BCUT2D eigenvalue weighted by Crippen LogP contribution is -2.43. The highest BCUT2D eigenvalue weighted by Crippen LogP contribution is 2.42. The van der Waals surface area contributed by atoms with Gasteiger partial charge < -0.3 is 5.11 Å². The molecular weight excluding hydrogens is 487 g/mol. The van der Waals surface area contributed by atoms with E-state index in [9.17, 15) is 5.11 Å². The predicted octanol–water partition coefficient (Wildman–Crippen LogP) is 5.52. The van der Waals surface area contributed by atoms with Crippen molar-refractivity contribution < 1.29 is 5.11 Å². The van der Waals surface area contributed by atoms with E-state index >= 15 is 0 Å². The van der Waals surface area contributed by atoms with Gasteiger partial charge in [-0.2, -0.15) is 0 Å². The van der Waals surface area contributed by atoms with Crippen LogP contribution in [0, 0.1) is 0 Å². The zero-order valence-electron chi connectivity index (χ0n) is 17.2. The van der Waals surface area contributed by atoms with E-state index in [0.717, 1.165) is 29.3 Å². The molecule has 2 atom stereocenters. The second kappa shape index (κ2) is 10.2. The van der Waals surface area contributed by atoms with Crippen LogP contribution in [0.15, 0.2) is 88.3 Å². The average Bonchev–Trinajstić information content (AvgIpc) is 2.81. The molecule has 3 nitrogen and oxygen atoms in total. The van der Waals surface area contributed by atoms with Crippen molar-refractivity contribution in [1.29, 1.82) is 0 Å². The summed E-state index contributed by atoms with van der Waals surface area (Å²) in [5.74, 6) is 0.242. The van der Waals surface area contributed by atoms with Gasteiger partial charge in [-0.05, 0) is 31.0 Å². The number of hydrogen-bond acceptors (Lipinski definition) is 3. The van der Waals surface area contributed by atoms with Crippen molar-refractivity contribution in [2.24, 2.45) is 4.99 Å². The summed E-state index contributed by atoms with van der Waals surface area (Å²) in [6.07, 6.45) is 4.00. The Hall–Kier alpha value is -1.78. The van der Waals surface area contributed by atoms with Gasteiger partial charge in [0.05, 0.1) is 12.2 Å². The minimum absolute atomic E-state index is 0.127. The van der Waals surface area contributed by atoms with Gasteiger partial charge in [-0.1, -0.05) is 101 Å². The fourth-order valence-corrected chi connectivity index (χ4v) is 8.12. The Bertz CT molecular complexity index is 1050. The number of halogens is 1. The van der Waals surface area contributed by atoms with Crippen molar-refractivity contribution in [3.63, 3.8) is 0 Å². The van der Waals surface area contributed by atoms with E-state index in [0.29, 0.717) is 0 Å². The fraction of sp³-hybridized carbons (Fsp3) is 0.240. The maximum Gasteiger partial charge on any atom is 0.124 e. The summed E-state index contributed by atoms with van der Waals surface area (Å²) in [6.45, 7) is 0. The molecule has 0 spiro atoms. The fourth-order valence-electron chi connectivity index (χ4n) is 4.05. The molecule has 0 saturated heterocycles. The Labute approximate surface area is 197 Å². The molecule has 0 radical (unpaired) electrons. The molecule has 1 aliphatic rings. The molecule has 0 aromatic heterocycles.